The van der Waals surface area contributed by atoms with Crippen LogP contribution in [0.4, 0.5) is 13.2 Å². The van der Waals surface area contributed by atoms with Crippen LogP contribution in [0.1, 0.15) is 18.0 Å². The Kier molecular flexibility index (Phi) is 2.90. The quantitative estimate of drug-likeness (QED) is 0.854. The van der Waals surface area contributed by atoms with Crippen LogP contribution < -0.4 is 5.73 Å². The predicted molar refractivity (Wildman–Crippen MR) is 59.4 cm³/mol. The number of hydrogen-bond donors (Lipinski definition) is 1. The Bertz CT molecular complexity index is 489. The molecular formula is C11H10F3NS. The Morgan fingerprint density at radius 2 is 2.00 bits per heavy atom. The van der Waals surface area contributed by atoms with Crippen molar-refractivity contribution in [2.24, 2.45) is 5.73 Å². The van der Waals surface area contributed by atoms with Crippen molar-refractivity contribution in [3.8, 4) is 0 Å². The number of rotatable bonds is 2. The molecule has 0 aliphatic rings. The van der Waals surface area contributed by atoms with Gasteiger partial charge >= 0.3 is 6.18 Å². The van der Waals surface area contributed by atoms with Crippen molar-refractivity contribution in [1.29, 1.82) is 0 Å². The highest BCUT2D eigenvalue weighted by Crippen LogP contribution is 2.33. The Morgan fingerprint density at radius 3 is 2.69 bits per heavy atom. The monoisotopic (exact) mass is 245 g/mol. The molecule has 1 aromatic carbocycles. The van der Waals surface area contributed by atoms with Crippen molar-refractivity contribution in [3.05, 3.63) is 35.2 Å². The second kappa shape index (κ2) is 4.07. The van der Waals surface area contributed by atoms with Crippen LogP contribution >= 0.6 is 11.3 Å². The van der Waals surface area contributed by atoms with Gasteiger partial charge in [0.2, 0.25) is 0 Å². The zero-order valence-corrected chi connectivity index (χ0v) is 9.11. The van der Waals surface area contributed by atoms with Gasteiger partial charge in [-0.15, -0.1) is 11.3 Å². The molecule has 1 aromatic heterocycles. The van der Waals surface area contributed by atoms with Crippen LogP contribution in [0.25, 0.3) is 10.1 Å². The number of hydrogen-bond acceptors (Lipinski definition) is 2. The molecule has 1 heterocycles. The van der Waals surface area contributed by atoms with E-state index < -0.39 is 18.6 Å². The zero-order valence-electron chi connectivity index (χ0n) is 8.29. The summed E-state index contributed by atoms with van der Waals surface area (Å²) >= 11 is 1.42. The van der Waals surface area contributed by atoms with Crippen molar-refractivity contribution in [2.45, 2.75) is 18.6 Å². The molecule has 0 aliphatic heterocycles. The van der Waals surface area contributed by atoms with Gasteiger partial charge in [-0.3, -0.25) is 0 Å². The average molecular weight is 245 g/mol. The number of fused-ring (bicyclic) bond motifs is 1. The van der Waals surface area contributed by atoms with E-state index in [1.54, 1.807) is 12.1 Å². The van der Waals surface area contributed by atoms with Gasteiger partial charge < -0.3 is 5.73 Å². The van der Waals surface area contributed by atoms with Gasteiger partial charge in [-0.25, -0.2) is 0 Å². The molecular weight excluding hydrogens is 235 g/mol. The van der Waals surface area contributed by atoms with E-state index in [2.05, 4.69) is 0 Å². The molecule has 1 nitrogen and oxygen atoms in total. The van der Waals surface area contributed by atoms with E-state index in [1.807, 2.05) is 17.5 Å². The summed E-state index contributed by atoms with van der Waals surface area (Å²) in [7, 11) is 0. The first-order valence-corrected chi connectivity index (χ1v) is 5.64. The minimum Gasteiger partial charge on any atom is -0.324 e. The number of alkyl halides is 3. The van der Waals surface area contributed by atoms with Crippen LogP contribution in [0.15, 0.2) is 29.6 Å². The Hall–Kier alpha value is -1.07. The molecule has 5 heteroatoms. The molecule has 0 bridgehead atoms. The highest BCUT2D eigenvalue weighted by Gasteiger charge is 2.31. The van der Waals surface area contributed by atoms with Crippen LogP contribution in [0.3, 0.4) is 0 Å². The largest absolute Gasteiger partial charge is 0.390 e. The average Bonchev–Trinajstić information content (AvgIpc) is 2.61. The van der Waals surface area contributed by atoms with Crippen LogP contribution in [-0.4, -0.2) is 6.18 Å². The van der Waals surface area contributed by atoms with Crippen LogP contribution in [0.2, 0.25) is 0 Å². The second-order valence-corrected chi connectivity index (χ2v) is 4.53. The maximum atomic E-state index is 12.2. The fourth-order valence-electron chi connectivity index (χ4n) is 1.67. The molecule has 0 spiro atoms. The van der Waals surface area contributed by atoms with E-state index in [0.29, 0.717) is 5.56 Å². The maximum absolute atomic E-state index is 12.2. The third kappa shape index (κ3) is 2.36. The van der Waals surface area contributed by atoms with Gasteiger partial charge in [0.1, 0.15) is 0 Å². The first kappa shape index (κ1) is 11.4. The van der Waals surface area contributed by atoms with Crippen molar-refractivity contribution in [3.63, 3.8) is 0 Å². The summed E-state index contributed by atoms with van der Waals surface area (Å²) in [6.45, 7) is 0. The van der Waals surface area contributed by atoms with Gasteiger partial charge in [0.05, 0.1) is 6.42 Å². The lowest BCUT2D eigenvalue weighted by Gasteiger charge is -2.15. The fourth-order valence-corrected chi connectivity index (χ4v) is 2.65. The van der Waals surface area contributed by atoms with Crippen molar-refractivity contribution in [2.75, 3.05) is 0 Å². The van der Waals surface area contributed by atoms with Gasteiger partial charge in [-0.2, -0.15) is 13.2 Å². The lowest BCUT2D eigenvalue weighted by molar-refractivity contribution is -0.138. The SMILES string of the molecule is NC(CC(F)(F)F)c1cccc2ccsc12. The minimum absolute atomic E-state index is 0.574. The Labute approximate surface area is 94.7 Å². The number of nitrogens with two attached hydrogens (primary N) is 1. The molecule has 0 fully saturated rings. The topological polar surface area (TPSA) is 26.0 Å². The molecule has 2 aromatic rings. The molecule has 0 amide bonds. The smallest absolute Gasteiger partial charge is 0.324 e. The molecule has 2 rings (SSSR count). The van der Waals surface area contributed by atoms with E-state index in [1.165, 1.54) is 11.3 Å². The zero-order chi connectivity index (χ0) is 11.8. The summed E-state index contributed by atoms with van der Waals surface area (Å²) in [5.74, 6) is 0. The van der Waals surface area contributed by atoms with Gasteiger partial charge in [-0.05, 0) is 22.4 Å². The van der Waals surface area contributed by atoms with E-state index in [9.17, 15) is 13.2 Å². The molecule has 86 valence electrons. The third-order valence-corrected chi connectivity index (χ3v) is 3.34. The van der Waals surface area contributed by atoms with Gasteiger partial charge in [0.15, 0.2) is 0 Å². The lowest BCUT2D eigenvalue weighted by atomic mass is 10.0. The highest BCUT2D eigenvalue weighted by atomic mass is 32.1. The fraction of sp³-hybridized carbons (Fsp3) is 0.273. The summed E-state index contributed by atoms with van der Waals surface area (Å²) in [6, 6.07) is 6.16. The van der Waals surface area contributed by atoms with Crippen molar-refractivity contribution < 1.29 is 13.2 Å². The number of thiophene rings is 1. The van der Waals surface area contributed by atoms with Crippen LogP contribution in [-0.2, 0) is 0 Å². The molecule has 16 heavy (non-hydrogen) atoms. The van der Waals surface area contributed by atoms with Crippen LogP contribution in [0.5, 0.6) is 0 Å². The Morgan fingerprint density at radius 1 is 1.25 bits per heavy atom. The standard InChI is InChI=1S/C11H10F3NS/c12-11(13,14)6-9(15)8-3-1-2-7-4-5-16-10(7)8/h1-5,9H,6,15H2. The molecule has 0 radical (unpaired) electrons. The minimum atomic E-state index is -4.22. The van der Waals surface area contributed by atoms with E-state index in [0.717, 1.165) is 10.1 Å². The first-order valence-electron chi connectivity index (χ1n) is 4.76. The molecule has 0 saturated carbocycles. The van der Waals surface area contributed by atoms with Crippen molar-refractivity contribution >= 4 is 21.4 Å². The van der Waals surface area contributed by atoms with Gasteiger partial charge in [0.25, 0.3) is 0 Å². The summed E-state index contributed by atoms with van der Waals surface area (Å²) in [5, 5.41) is 2.80. The van der Waals surface area contributed by atoms with E-state index >= 15 is 0 Å². The predicted octanol–water partition coefficient (Wildman–Crippen LogP) is 3.85. The Balaban J connectivity index is 2.36. The van der Waals surface area contributed by atoms with Crippen LogP contribution in [0, 0.1) is 0 Å². The van der Waals surface area contributed by atoms with E-state index in [-0.39, 0.29) is 0 Å². The molecule has 2 N–H and O–H groups in total. The van der Waals surface area contributed by atoms with E-state index in [4.69, 9.17) is 5.73 Å². The van der Waals surface area contributed by atoms with Crippen molar-refractivity contribution in [1.82, 2.24) is 0 Å². The second-order valence-electron chi connectivity index (χ2n) is 3.61. The first-order chi connectivity index (χ1) is 7.47. The van der Waals surface area contributed by atoms with Gasteiger partial charge in [0, 0.05) is 10.7 Å². The molecule has 0 aliphatic carbocycles. The maximum Gasteiger partial charge on any atom is 0.390 e. The third-order valence-electron chi connectivity index (χ3n) is 2.36. The normalized spacial score (nSPS) is 14.2. The summed E-state index contributed by atoms with van der Waals surface area (Å²) in [6.07, 6.45) is -5.21. The van der Waals surface area contributed by atoms with Gasteiger partial charge in [-0.1, -0.05) is 18.2 Å². The molecule has 1 unspecified atom stereocenters. The highest BCUT2D eigenvalue weighted by molar-refractivity contribution is 7.17. The summed E-state index contributed by atoms with van der Waals surface area (Å²) < 4.78 is 37.6. The molecule has 1 atom stereocenters. The number of halogens is 3. The summed E-state index contributed by atoms with van der Waals surface area (Å²) in [4.78, 5) is 0. The lowest BCUT2D eigenvalue weighted by Crippen LogP contribution is -2.20. The molecule has 0 saturated heterocycles. The summed E-state index contributed by atoms with van der Waals surface area (Å²) in [5.41, 5.74) is 6.17. The number of benzene rings is 1.